The Bertz CT molecular complexity index is 31.8. The van der Waals surface area contributed by atoms with Crippen LogP contribution in [-0.2, 0) is 25.9 Å². The average Bonchev–Trinajstić information content (AvgIpc) is 0.811. The van der Waals surface area contributed by atoms with Crippen LogP contribution in [0.15, 0.2) is 0 Å². The molecule has 0 rings (SSSR count). The maximum Gasteiger partial charge on any atom is 0.300 e. The Labute approximate surface area is 51.8 Å². The maximum atomic E-state index is 9.00. The normalized spacial score (nSPS) is 4.17. The number of hydrogen-bond donors (Lipinski definition) is 1. The fraction of sp³-hybridized carbons (Fsp3) is 0.333. The van der Waals surface area contributed by atoms with Gasteiger partial charge in [-0.25, -0.2) is 0 Å². The molecule has 0 aromatic heterocycles. The molecule has 0 spiro atoms. The zero-order valence-electron chi connectivity index (χ0n) is 3.76. The van der Waals surface area contributed by atoms with Crippen molar-refractivity contribution < 1.29 is 31.0 Å². The summed E-state index contributed by atoms with van der Waals surface area (Å²) >= 11 is 0. The van der Waals surface area contributed by atoms with E-state index in [2.05, 4.69) is 0 Å². The van der Waals surface area contributed by atoms with Crippen LogP contribution in [0.3, 0.4) is 0 Å². The summed E-state index contributed by atoms with van der Waals surface area (Å²) in [7, 11) is 0. The summed E-state index contributed by atoms with van der Waals surface area (Å²) < 4.78 is 0. The molecule has 0 aliphatic heterocycles. The van der Waals surface area contributed by atoms with E-state index in [4.69, 9.17) is 9.90 Å². The largest absolute Gasteiger partial charge is 0.481 e. The molecular formula is C3H7O2W-. The fourth-order valence-corrected chi connectivity index (χ4v) is 0. The molecule has 0 atom stereocenters. The number of rotatable bonds is 0. The van der Waals surface area contributed by atoms with Gasteiger partial charge in [-0.1, -0.05) is 0 Å². The molecule has 0 saturated carbocycles. The van der Waals surface area contributed by atoms with Crippen LogP contribution in [-0.4, -0.2) is 11.1 Å². The van der Waals surface area contributed by atoms with Crippen LogP contribution in [0.1, 0.15) is 6.92 Å². The molecule has 0 amide bonds. The van der Waals surface area contributed by atoms with Crippen LogP contribution in [0.4, 0.5) is 0 Å². The van der Waals surface area contributed by atoms with Crippen molar-refractivity contribution in [3.8, 4) is 0 Å². The van der Waals surface area contributed by atoms with Gasteiger partial charge in [0.05, 0.1) is 0 Å². The van der Waals surface area contributed by atoms with Gasteiger partial charge < -0.3 is 12.5 Å². The molecule has 0 fully saturated rings. The van der Waals surface area contributed by atoms with Crippen molar-refractivity contribution in [3.05, 3.63) is 7.43 Å². The van der Waals surface area contributed by atoms with Crippen LogP contribution >= 0.6 is 0 Å². The van der Waals surface area contributed by atoms with Crippen molar-refractivity contribution in [2.75, 3.05) is 0 Å². The first-order valence-corrected chi connectivity index (χ1v) is 0.928. The van der Waals surface area contributed by atoms with Gasteiger partial charge in [-0.15, -0.1) is 0 Å². The van der Waals surface area contributed by atoms with E-state index in [9.17, 15) is 0 Å². The van der Waals surface area contributed by atoms with Crippen LogP contribution in [0.25, 0.3) is 0 Å². The number of carboxylic acid groups (broad SMARTS) is 1. The molecule has 38 valence electrons. The van der Waals surface area contributed by atoms with E-state index in [1.54, 1.807) is 0 Å². The van der Waals surface area contributed by atoms with Gasteiger partial charge in [0.2, 0.25) is 0 Å². The predicted octanol–water partition coefficient (Wildman–Crippen LogP) is 0.539. The Morgan fingerprint density at radius 2 is 1.67 bits per heavy atom. The summed E-state index contributed by atoms with van der Waals surface area (Å²) in [5, 5.41) is 7.42. The Kier molecular flexibility index (Phi) is 24.5. The Hall–Kier alpha value is 0.158. The zero-order valence-corrected chi connectivity index (χ0v) is 6.70. The molecule has 0 bridgehead atoms. The van der Waals surface area contributed by atoms with Crippen LogP contribution in [0.5, 0.6) is 0 Å². The number of carbonyl (C=O) groups is 1. The van der Waals surface area contributed by atoms with Crippen LogP contribution < -0.4 is 0 Å². The SMILES string of the molecule is CC(=O)O.[CH3-].[W]. The minimum Gasteiger partial charge on any atom is -0.481 e. The van der Waals surface area contributed by atoms with Gasteiger partial charge >= 0.3 is 0 Å². The summed E-state index contributed by atoms with van der Waals surface area (Å²) in [6, 6.07) is 0. The molecular weight excluding hydrogens is 252 g/mol. The van der Waals surface area contributed by atoms with E-state index in [-0.39, 0.29) is 28.5 Å². The Balaban J connectivity index is -0.0000000450. The molecule has 0 aliphatic carbocycles. The van der Waals surface area contributed by atoms with Crippen molar-refractivity contribution in [1.29, 1.82) is 0 Å². The van der Waals surface area contributed by atoms with Crippen molar-refractivity contribution in [1.82, 2.24) is 0 Å². The molecule has 0 heterocycles. The first kappa shape index (κ1) is 16.4. The standard InChI is InChI=1S/C2H4O2.CH3.W/c1-2(3)4;;/h1H3,(H,3,4);1H3;/q;-1;. The molecule has 0 aromatic rings. The zero-order chi connectivity index (χ0) is 3.58. The maximum absolute atomic E-state index is 9.00. The summed E-state index contributed by atoms with van der Waals surface area (Å²) in [4.78, 5) is 9.00. The first-order valence-electron chi connectivity index (χ1n) is 0.928. The molecule has 6 heavy (non-hydrogen) atoms. The van der Waals surface area contributed by atoms with Gasteiger partial charge in [-0.3, -0.25) is 4.79 Å². The number of carboxylic acids is 1. The molecule has 0 radical (unpaired) electrons. The first-order chi connectivity index (χ1) is 1.73. The van der Waals surface area contributed by atoms with E-state index >= 15 is 0 Å². The second-order valence-electron chi connectivity index (χ2n) is 0.519. The van der Waals surface area contributed by atoms with Crippen molar-refractivity contribution in [2.24, 2.45) is 0 Å². The van der Waals surface area contributed by atoms with E-state index < -0.39 is 5.97 Å². The monoisotopic (exact) mass is 259 g/mol. The quantitative estimate of drug-likeness (QED) is 0.644. The van der Waals surface area contributed by atoms with Crippen molar-refractivity contribution in [3.63, 3.8) is 0 Å². The second kappa shape index (κ2) is 8.94. The van der Waals surface area contributed by atoms with Gasteiger partial charge in [-0.2, -0.15) is 0 Å². The molecule has 1 N–H and O–H groups in total. The molecule has 0 aromatic carbocycles. The molecule has 0 unspecified atom stereocenters. The summed E-state index contributed by atoms with van der Waals surface area (Å²) in [6.45, 7) is 1.08. The van der Waals surface area contributed by atoms with Gasteiger partial charge in [0.25, 0.3) is 5.97 Å². The van der Waals surface area contributed by atoms with Crippen molar-refractivity contribution >= 4 is 5.97 Å². The van der Waals surface area contributed by atoms with E-state index in [0.29, 0.717) is 0 Å². The third-order valence-electron chi connectivity index (χ3n) is 0. The third-order valence-corrected chi connectivity index (χ3v) is 0. The smallest absolute Gasteiger partial charge is 0.300 e. The van der Waals surface area contributed by atoms with E-state index in [1.807, 2.05) is 0 Å². The number of aliphatic carboxylic acids is 1. The fourth-order valence-electron chi connectivity index (χ4n) is 0. The van der Waals surface area contributed by atoms with Gasteiger partial charge in [0.15, 0.2) is 0 Å². The van der Waals surface area contributed by atoms with Crippen molar-refractivity contribution in [2.45, 2.75) is 6.92 Å². The van der Waals surface area contributed by atoms with Crippen LogP contribution in [0.2, 0.25) is 0 Å². The van der Waals surface area contributed by atoms with E-state index in [1.165, 1.54) is 0 Å². The van der Waals surface area contributed by atoms with Gasteiger partial charge in [-0.05, 0) is 0 Å². The predicted molar refractivity (Wildman–Crippen MR) is 19.7 cm³/mol. The topological polar surface area (TPSA) is 37.3 Å². The molecule has 0 aliphatic rings. The summed E-state index contributed by atoms with van der Waals surface area (Å²) in [6.07, 6.45) is 0. The van der Waals surface area contributed by atoms with E-state index in [0.717, 1.165) is 6.92 Å². The summed E-state index contributed by atoms with van der Waals surface area (Å²) in [5.74, 6) is -0.833. The number of hydrogen-bond acceptors (Lipinski definition) is 1. The van der Waals surface area contributed by atoms with Crippen LogP contribution in [0, 0.1) is 7.43 Å². The molecule has 3 heteroatoms. The summed E-state index contributed by atoms with van der Waals surface area (Å²) in [5.41, 5.74) is 0. The second-order valence-corrected chi connectivity index (χ2v) is 0.519. The molecule has 2 nitrogen and oxygen atoms in total. The minimum absolute atomic E-state index is 0. The van der Waals surface area contributed by atoms with Gasteiger partial charge in [0.1, 0.15) is 0 Å². The minimum atomic E-state index is -0.833. The van der Waals surface area contributed by atoms with Gasteiger partial charge in [0, 0.05) is 28.0 Å². The third kappa shape index (κ3) is 1660. The molecule has 0 saturated heterocycles. The Morgan fingerprint density at radius 3 is 1.67 bits per heavy atom. The Morgan fingerprint density at radius 1 is 1.67 bits per heavy atom. The average molecular weight is 259 g/mol.